The third kappa shape index (κ3) is 1.55. The number of nitrogens with zero attached hydrogens (tertiary/aromatic N) is 1. The average Bonchev–Trinajstić information content (AvgIpc) is 2.97. The second-order valence-corrected chi connectivity index (χ2v) is 4.22. The molecule has 0 saturated heterocycles. The van der Waals surface area contributed by atoms with Gasteiger partial charge in [0.05, 0.1) is 0 Å². The Kier molecular flexibility index (Phi) is 1.85. The Labute approximate surface area is 91.9 Å². The van der Waals surface area contributed by atoms with Crippen LogP contribution in [-0.2, 0) is 0 Å². The minimum atomic E-state index is -0.243. The van der Waals surface area contributed by atoms with Crippen LogP contribution in [0.5, 0.6) is 0 Å². The molecule has 0 N–H and O–H groups in total. The van der Waals surface area contributed by atoms with Crippen molar-refractivity contribution in [2.75, 3.05) is 0 Å². The van der Waals surface area contributed by atoms with Crippen molar-refractivity contribution in [2.24, 2.45) is 0 Å². The molecular formula is C11H9NO2S. The highest BCUT2D eigenvalue weighted by Crippen LogP contribution is 2.40. The predicted octanol–water partition coefficient (Wildman–Crippen LogP) is 2.78. The van der Waals surface area contributed by atoms with Gasteiger partial charge in [-0.25, -0.2) is 4.98 Å². The monoisotopic (exact) mass is 219 g/mol. The summed E-state index contributed by atoms with van der Waals surface area (Å²) in [5.74, 6) is 1.29. The predicted molar refractivity (Wildman–Crippen MR) is 59.3 cm³/mol. The zero-order valence-electron chi connectivity index (χ0n) is 7.93. The highest BCUT2D eigenvalue weighted by Gasteiger charge is 2.28. The summed E-state index contributed by atoms with van der Waals surface area (Å²) in [7, 11) is 0. The van der Waals surface area contributed by atoms with Gasteiger partial charge >= 0.3 is 0 Å². The molecule has 1 aliphatic rings. The topological polar surface area (TPSA) is 43.1 Å². The minimum absolute atomic E-state index is 0.243. The van der Waals surface area contributed by atoms with Crippen molar-refractivity contribution in [1.29, 1.82) is 0 Å². The molecule has 0 radical (unpaired) electrons. The maximum Gasteiger partial charge on any atom is 0.216 e. The van der Waals surface area contributed by atoms with Crippen molar-refractivity contribution in [2.45, 2.75) is 18.8 Å². The van der Waals surface area contributed by atoms with Crippen LogP contribution in [0.2, 0.25) is 0 Å². The molecule has 3 rings (SSSR count). The van der Waals surface area contributed by atoms with Gasteiger partial charge in [-0.15, -0.1) is 12.6 Å². The molecule has 0 amide bonds. The largest absolute Gasteiger partial charge is 0.440 e. The number of benzene rings is 1. The summed E-state index contributed by atoms with van der Waals surface area (Å²) in [6, 6.07) is 5.21. The minimum Gasteiger partial charge on any atom is -0.440 e. The Hall–Kier alpha value is -1.29. The van der Waals surface area contributed by atoms with Gasteiger partial charge in [-0.1, -0.05) is 0 Å². The summed E-state index contributed by atoms with van der Waals surface area (Å²) < 4.78 is 5.58. The van der Waals surface area contributed by atoms with Gasteiger partial charge in [0.15, 0.2) is 11.5 Å². The molecule has 0 atom stereocenters. The van der Waals surface area contributed by atoms with Crippen LogP contribution in [0.15, 0.2) is 22.6 Å². The molecule has 1 aliphatic carbocycles. The maximum atomic E-state index is 11.0. The van der Waals surface area contributed by atoms with E-state index in [2.05, 4.69) is 17.6 Å². The molecule has 0 bridgehead atoms. The first-order valence-electron chi connectivity index (χ1n) is 4.88. The first-order chi connectivity index (χ1) is 7.24. The molecule has 15 heavy (non-hydrogen) atoms. The van der Waals surface area contributed by atoms with Crippen molar-refractivity contribution < 1.29 is 9.21 Å². The third-order valence-corrected chi connectivity index (χ3v) is 2.84. The second-order valence-electron chi connectivity index (χ2n) is 3.81. The molecule has 2 aromatic rings. The lowest BCUT2D eigenvalue weighted by molar-refractivity contribution is 0.109. The van der Waals surface area contributed by atoms with Gasteiger partial charge in [-0.05, 0) is 31.0 Å². The number of carbonyl (C=O) groups is 1. The van der Waals surface area contributed by atoms with Gasteiger partial charge in [0.2, 0.25) is 5.12 Å². The normalized spacial score (nSPS) is 15.8. The molecule has 0 unspecified atom stereocenters. The number of carbonyl (C=O) groups excluding carboxylic acids is 1. The van der Waals surface area contributed by atoms with Crippen LogP contribution in [0, 0.1) is 0 Å². The van der Waals surface area contributed by atoms with E-state index in [1.54, 1.807) is 18.2 Å². The van der Waals surface area contributed by atoms with Crippen molar-refractivity contribution in [3.63, 3.8) is 0 Å². The summed E-state index contributed by atoms with van der Waals surface area (Å²) in [4.78, 5) is 15.4. The summed E-state index contributed by atoms with van der Waals surface area (Å²) >= 11 is 3.78. The van der Waals surface area contributed by atoms with Crippen molar-refractivity contribution >= 4 is 28.8 Å². The van der Waals surface area contributed by atoms with E-state index >= 15 is 0 Å². The van der Waals surface area contributed by atoms with Crippen molar-refractivity contribution in [3.8, 4) is 0 Å². The standard InChI is InChI=1S/C11H9NO2S/c13-11(15)7-3-4-9-8(5-7)12-10(14-9)6-1-2-6/h3-6H,1-2H2,(H,13,15). The summed E-state index contributed by atoms with van der Waals surface area (Å²) in [5, 5.41) is -0.243. The number of hydrogen-bond acceptors (Lipinski definition) is 3. The quantitative estimate of drug-likeness (QED) is 0.790. The van der Waals surface area contributed by atoms with Crippen LogP contribution in [-0.4, -0.2) is 10.1 Å². The molecule has 1 aromatic heterocycles. The summed E-state index contributed by atoms with van der Waals surface area (Å²) in [6.45, 7) is 0. The van der Waals surface area contributed by atoms with Crippen molar-refractivity contribution in [1.82, 2.24) is 4.98 Å². The number of oxazole rings is 1. The van der Waals surface area contributed by atoms with Gasteiger partial charge in [0, 0.05) is 11.5 Å². The highest BCUT2D eigenvalue weighted by molar-refractivity contribution is 7.97. The van der Waals surface area contributed by atoms with E-state index in [1.165, 1.54) is 0 Å². The zero-order chi connectivity index (χ0) is 10.4. The van der Waals surface area contributed by atoms with E-state index in [-0.39, 0.29) is 5.12 Å². The van der Waals surface area contributed by atoms with E-state index in [4.69, 9.17) is 4.42 Å². The average molecular weight is 219 g/mol. The molecule has 3 nitrogen and oxygen atoms in total. The Morgan fingerprint density at radius 2 is 2.27 bits per heavy atom. The molecule has 1 aromatic carbocycles. The Bertz CT molecular complexity index is 543. The van der Waals surface area contributed by atoms with Gasteiger partial charge in [-0.2, -0.15) is 0 Å². The van der Waals surface area contributed by atoms with Crippen LogP contribution in [0.4, 0.5) is 0 Å². The third-order valence-electron chi connectivity index (χ3n) is 2.58. The lowest BCUT2D eigenvalue weighted by atomic mass is 10.2. The van der Waals surface area contributed by atoms with E-state index in [0.29, 0.717) is 11.5 Å². The van der Waals surface area contributed by atoms with Gasteiger partial charge < -0.3 is 4.42 Å². The summed E-state index contributed by atoms with van der Waals surface area (Å²) in [5.41, 5.74) is 2.05. The maximum absolute atomic E-state index is 11.0. The lowest BCUT2D eigenvalue weighted by Crippen LogP contribution is -1.87. The molecular weight excluding hydrogens is 210 g/mol. The number of hydrogen-bond donors (Lipinski definition) is 1. The molecule has 0 spiro atoms. The van der Waals surface area contributed by atoms with Crippen LogP contribution in [0.1, 0.15) is 35.0 Å². The second kappa shape index (κ2) is 3.10. The highest BCUT2D eigenvalue weighted by atomic mass is 32.1. The molecule has 4 heteroatoms. The van der Waals surface area contributed by atoms with Crippen LogP contribution in [0.25, 0.3) is 11.1 Å². The summed E-state index contributed by atoms with van der Waals surface area (Å²) in [6.07, 6.45) is 2.32. The fraction of sp³-hybridized carbons (Fsp3) is 0.273. The molecule has 1 fully saturated rings. The van der Waals surface area contributed by atoms with Gasteiger partial charge in [0.25, 0.3) is 0 Å². The first kappa shape index (κ1) is 8.97. The van der Waals surface area contributed by atoms with E-state index < -0.39 is 0 Å². The van der Waals surface area contributed by atoms with Crippen LogP contribution >= 0.6 is 12.6 Å². The van der Waals surface area contributed by atoms with E-state index in [1.807, 2.05) is 0 Å². The zero-order valence-corrected chi connectivity index (χ0v) is 8.83. The lowest BCUT2D eigenvalue weighted by Gasteiger charge is -1.91. The molecule has 0 aliphatic heterocycles. The molecule has 1 heterocycles. The smallest absolute Gasteiger partial charge is 0.216 e. The van der Waals surface area contributed by atoms with Crippen LogP contribution < -0.4 is 0 Å². The van der Waals surface area contributed by atoms with Gasteiger partial charge in [0.1, 0.15) is 5.52 Å². The fourth-order valence-corrected chi connectivity index (χ4v) is 1.72. The Morgan fingerprint density at radius 3 is 2.93 bits per heavy atom. The molecule has 76 valence electrons. The van der Waals surface area contributed by atoms with Gasteiger partial charge in [-0.3, -0.25) is 4.79 Å². The van der Waals surface area contributed by atoms with E-state index in [9.17, 15) is 4.79 Å². The van der Waals surface area contributed by atoms with Crippen molar-refractivity contribution in [3.05, 3.63) is 29.7 Å². The fourth-order valence-electron chi connectivity index (χ4n) is 1.58. The number of aromatic nitrogens is 1. The Morgan fingerprint density at radius 1 is 1.47 bits per heavy atom. The number of fused-ring (bicyclic) bond motifs is 1. The Balaban J connectivity index is 2.13. The SMILES string of the molecule is O=C(S)c1ccc2oc(C3CC3)nc2c1. The first-order valence-corrected chi connectivity index (χ1v) is 5.32. The van der Waals surface area contributed by atoms with E-state index in [0.717, 1.165) is 29.8 Å². The number of thiol groups is 1. The van der Waals surface area contributed by atoms with Crippen LogP contribution in [0.3, 0.4) is 0 Å². The molecule has 1 saturated carbocycles. The number of rotatable bonds is 2.